The van der Waals surface area contributed by atoms with Crippen molar-refractivity contribution >= 4 is 11.9 Å². The second kappa shape index (κ2) is 8.93. The first-order valence-electron chi connectivity index (χ1n) is 10.5. The highest BCUT2D eigenvalue weighted by Gasteiger charge is 2.29. The van der Waals surface area contributed by atoms with Gasteiger partial charge in [0.2, 0.25) is 17.6 Å². The largest absolute Gasteiger partial charge is 0.338 e. The van der Waals surface area contributed by atoms with E-state index in [1.54, 1.807) is 0 Å². The Kier molecular flexibility index (Phi) is 6.10. The summed E-state index contributed by atoms with van der Waals surface area (Å²) in [5.74, 6) is 0.918. The molecule has 2 N–H and O–H groups in total. The number of nitrogens with zero attached hydrogens (tertiary/aromatic N) is 4. The number of hydrogen-bond donors (Lipinski definition) is 2. The van der Waals surface area contributed by atoms with Crippen molar-refractivity contribution in [1.29, 1.82) is 0 Å². The van der Waals surface area contributed by atoms with Gasteiger partial charge >= 0.3 is 6.03 Å². The number of carbonyl (C=O) groups excluding carboxylic acids is 2. The zero-order valence-electron chi connectivity index (χ0n) is 17.4. The van der Waals surface area contributed by atoms with Crippen LogP contribution in [0.1, 0.15) is 31.2 Å². The Balaban J connectivity index is 1.24. The van der Waals surface area contributed by atoms with E-state index in [0.717, 1.165) is 44.6 Å². The Morgan fingerprint density at radius 2 is 1.87 bits per heavy atom. The summed E-state index contributed by atoms with van der Waals surface area (Å²) in [6, 6.07) is 7.50. The van der Waals surface area contributed by atoms with Crippen molar-refractivity contribution in [1.82, 2.24) is 30.6 Å². The van der Waals surface area contributed by atoms with Gasteiger partial charge in [0.1, 0.15) is 0 Å². The molecule has 9 nitrogen and oxygen atoms in total. The standard InChI is InChI=1S/C21H28N6O3/c1-14-3-5-16(6-4-14)19-23-18(30-25-19)13-26-9-11-27(12-10-26)15(2)20(28)24-21(29)22-17-7-8-17/h3-6,15,17H,7-13H2,1-2H3,(H2,22,24,28,29). The highest BCUT2D eigenvalue weighted by atomic mass is 16.5. The van der Waals surface area contributed by atoms with E-state index < -0.39 is 6.03 Å². The van der Waals surface area contributed by atoms with E-state index in [1.165, 1.54) is 5.56 Å². The number of aromatic nitrogens is 2. The quantitative estimate of drug-likeness (QED) is 0.742. The van der Waals surface area contributed by atoms with Gasteiger partial charge in [-0.05, 0) is 26.7 Å². The molecule has 2 aliphatic rings. The van der Waals surface area contributed by atoms with Gasteiger partial charge < -0.3 is 9.84 Å². The van der Waals surface area contributed by atoms with Gasteiger partial charge in [-0.2, -0.15) is 4.98 Å². The van der Waals surface area contributed by atoms with Gasteiger partial charge in [0.05, 0.1) is 12.6 Å². The minimum Gasteiger partial charge on any atom is -0.338 e. The smallest absolute Gasteiger partial charge is 0.321 e. The Hall–Kier alpha value is -2.78. The zero-order chi connectivity index (χ0) is 21.1. The van der Waals surface area contributed by atoms with E-state index in [1.807, 2.05) is 38.1 Å². The molecule has 2 fully saturated rings. The summed E-state index contributed by atoms with van der Waals surface area (Å²) in [6.45, 7) is 7.49. The number of urea groups is 1. The zero-order valence-corrected chi connectivity index (χ0v) is 17.4. The Bertz CT molecular complexity index is 884. The number of rotatable bonds is 6. The fraction of sp³-hybridized carbons (Fsp3) is 0.524. The Morgan fingerprint density at radius 3 is 2.53 bits per heavy atom. The average molecular weight is 412 g/mol. The molecule has 1 aromatic heterocycles. The van der Waals surface area contributed by atoms with Crippen LogP contribution < -0.4 is 10.6 Å². The molecule has 1 aliphatic carbocycles. The molecule has 1 saturated heterocycles. The molecule has 1 aromatic carbocycles. The monoisotopic (exact) mass is 412 g/mol. The first-order chi connectivity index (χ1) is 14.5. The molecule has 1 unspecified atom stereocenters. The predicted octanol–water partition coefficient (Wildman–Crippen LogP) is 1.54. The van der Waals surface area contributed by atoms with Gasteiger partial charge in [-0.1, -0.05) is 35.0 Å². The molecular formula is C21H28N6O3. The third-order valence-electron chi connectivity index (χ3n) is 5.62. The number of imide groups is 1. The molecular weight excluding hydrogens is 384 g/mol. The third-order valence-corrected chi connectivity index (χ3v) is 5.62. The molecule has 0 spiro atoms. The number of carbonyl (C=O) groups is 2. The molecule has 0 bridgehead atoms. The molecule has 1 aliphatic heterocycles. The number of benzene rings is 1. The molecule has 2 heterocycles. The van der Waals surface area contributed by atoms with E-state index >= 15 is 0 Å². The summed E-state index contributed by atoms with van der Waals surface area (Å²) in [4.78, 5) is 32.9. The lowest BCUT2D eigenvalue weighted by Gasteiger charge is -2.36. The van der Waals surface area contributed by atoms with Crippen molar-refractivity contribution < 1.29 is 14.1 Å². The summed E-state index contributed by atoms with van der Waals surface area (Å²) in [6.07, 6.45) is 1.98. The van der Waals surface area contributed by atoms with Crippen LogP contribution in [-0.4, -0.2) is 70.1 Å². The second-order valence-electron chi connectivity index (χ2n) is 8.10. The molecule has 3 amide bonds. The third kappa shape index (κ3) is 5.22. The van der Waals surface area contributed by atoms with Gasteiger partial charge in [-0.3, -0.25) is 19.9 Å². The summed E-state index contributed by atoms with van der Waals surface area (Å²) < 4.78 is 5.42. The van der Waals surface area contributed by atoms with E-state index in [-0.39, 0.29) is 18.0 Å². The number of amides is 3. The molecule has 4 rings (SSSR count). The molecule has 30 heavy (non-hydrogen) atoms. The highest BCUT2D eigenvalue weighted by molar-refractivity contribution is 5.97. The lowest BCUT2D eigenvalue weighted by molar-refractivity contribution is -0.125. The number of piperazine rings is 1. The fourth-order valence-electron chi connectivity index (χ4n) is 3.47. The van der Waals surface area contributed by atoms with Crippen molar-refractivity contribution in [2.75, 3.05) is 26.2 Å². The molecule has 1 atom stereocenters. The van der Waals surface area contributed by atoms with Crippen LogP contribution in [0.3, 0.4) is 0 Å². The van der Waals surface area contributed by atoms with Crippen LogP contribution in [0.15, 0.2) is 28.8 Å². The van der Waals surface area contributed by atoms with E-state index in [4.69, 9.17) is 4.52 Å². The summed E-state index contributed by atoms with van der Waals surface area (Å²) in [5, 5.41) is 9.30. The van der Waals surface area contributed by atoms with Gasteiger partial charge in [-0.25, -0.2) is 4.79 Å². The summed E-state index contributed by atoms with van der Waals surface area (Å²) >= 11 is 0. The topological polar surface area (TPSA) is 104 Å². The first-order valence-corrected chi connectivity index (χ1v) is 10.5. The van der Waals surface area contributed by atoms with Crippen molar-refractivity contribution in [2.45, 2.75) is 45.3 Å². The molecule has 1 saturated carbocycles. The maximum absolute atomic E-state index is 12.3. The highest BCUT2D eigenvalue weighted by Crippen LogP contribution is 2.19. The minimum atomic E-state index is -0.395. The van der Waals surface area contributed by atoms with E-state index in [2.05, 4.69) is 30.6 Å². The maximum Gasteiger partial charge on any atom is 0.321 e. The van der Waals surface area contributed by atoms with E-state index in [0.29, 0.717) is 18.3 Å². The van der Waals surface area contributed by atoms with Crippen molar-refractivity contribution in [3.8, 4) is 11.4 Å². The molecule has 160 valence electrons. The van der Waals surface area contributed by atoms with E-state index in [9.17, 15) is 9.59 Å². The van der Waals surface area contributed by atoms with Gasteiger partial charge in [0, 0.05) is 37.8 Å². The fourth-order valence-corrected chi connectivity index (χ4v) is 3.47. The maximum atomic E-state index is 12.3. The van der Waals surface area contributed by atoms with Gasteiger partial charge in [-0.15, -0.1) is 0 Å². The SMILES string of the molecule is Cc1ccc(-c2noc(CN3CCN(C(C)C(=O)NC(=O)NC4CC4)CC3)n2)cc1. The van der Waals surface area contributed by atoms with Crippen molar-refractivity contribution in [3.05, 3.63) is 35.7 Å². The van der Waals surface area contributed by atoms with Crippen molar-refractivity contribution in [2.24, 2.45) is 0 Å². The molecule has 0 radical (unpaired) electrons. The lowest BCUT2D eigenvalue weighted by Crippen LogP contribution is -2.55. The first kappa shape index (κ1) is 20.5. The van der Waals surface area contributed by atoms with Crippen LogP contribution in [-0.2, 0) is 11.3 Å². The van der Waals surface area contributed by atoms with Gasteiger partial charge in [0.15, 0.2) is 0 Å². The van der Waals surface area contributed by atoms with Crippen LogP contribution in [0.4, 0.5) is 4.79 Å². The predicted molar refractivity (Wildman–Crippen MR) is 110 cm³/mol. The Labute approximate surface area is 175 Å². The summed E-state index contributed by atoms with van der Waals surface area (Å²) in [5.41, 5.74) is 2.12. The van der Waals surface area contributed by atoms with Crippen LogP contribution in [0.2, 0.25) is 0 Å². The lowest BCUT2D eigenvalue weighted by atomic mass is 10.1. The minimum absolute atomic E-state index is 0.230. The second-order valence-corrected chi connectivity index (χ2v) is 8.10. The van der Waals surface area contributed by atoms with Crippen LogP contribution >= 0.6 is 0 Å². The number of nitrogens with one attached hydrogen (secondary N) is 2. The van der Waals surface area contributed by atoms with Crippen molar-refractivity contribution in [3.63, 3.8) is 0 Å². The van der Waals surface area contributed by atoms with Crippen LogP contribution in [0, 0.1) is 6.92 Å². The van der Waals surface area contributed by atoms with Crippen LogP contribution in [0.5, 0.6) is 0 Å². The summed E-state index contributed by atoms with van der Waals surface area (Å²) in [7, 11) is 0. The molecule has 9 heteroatoms. The average Bonchev–Trinajstić information content (AvgIpc) is 3.43. The molecule has 2 aromatic rings. The Morgan fingerprint density at radius 1 is 1.17 bits per heavy atom. The normalized spacial score (nSPS) is 18.7. The number of aryl methyl sites for hydroxylation is 1. The number of hydrogen-bond acceptors (Lipinski definition) is 7. The van der Waals surface area contributed by atoms with Gasteiger partial charge in [0.25, 0.3) is 0 Å². The van der Waals surface area contributed by atoms with Crippen LogP contribution in [0.25, 0.3) is 11.4 Å².